The van der Waals surface area contributed by atoms with Gasteiger partial charge in [-0.3, -0.25) is 9.59 Å². The predicted octanol–water partition coefficient (Wildman–Crippen LogP) is 2.85. The molecule has 1 aliphatic heterocycles. The normalized spacial score (nSPS) is 17.1. The van der Waals surface area contributed by atoms with Gasteiger partial charge in [0.1, 0.15) is 0 Å². The number of fused-ring (bicyclic) bond motifs is 1. The fourth-order valence-corrected chi connectivity index (χ4v) is 4.09. The number of nitrogens with zero attached hydrogens (tertiary/aromatic N) is 4. The average molecular weight is 443 g/mol. The molecule has 2 aliphatic rings. The number of hydrogen-bond acceptors (Lipinski definition) is 7. The first-order chi connectivity index (χ1) is 15.4. The molecule has 9 heteroatoms. The number of carbonyl (C=O) groups is 3. The van der Waals surface area contributed by atoms with E-state index in [4.69, 9.17) is 14.5 Å². The van der Waals surface area contributed by atoms with Crippen molar-refractivity contribution in [2.24, 2.45) is 5.92 Å². The van der Waals surface area contributed by atoms with Crippen LogP contribution in [0.1, 0.15) is 74.5 Å². The monoisotopic (exact) mass is 442 g/mol. The van der Waals surface area contributed by atoms with Gasteiger partial charge in [0, 0.05) is 30.7 Å². The molecule has 2 fully saturated rings. The fourth-order valence-electron chi connectivity index (χ4n) is 4.09. The maximum Gasteiger partial charge on any atom is 0.339 e. The van der Waals surface area contributed by atoms with Crippen LogP contribution in [0.15, 0.2) is 12.3 Å². The zero-order chi connectivity index (χ0) is 22.8. The van der Waals surface area contributed by atoms with Crippen molar-refractivity contribution in [2.45, 2.75) is 58.4 Å². The lowest BCUT2D eigenvalue weighted by molar-refractivity contribution is -0.151. The molecule has 1 saturated carbocycles. The molecule has 32 heavy (non-hydrogen) atoms. The van der Waals surface area contributed by atoms with Gasteiger partial charge in [-0.15, -0.1) is 0 Å². The van der Waals surface area contributed by atoms with Crippen molar-refractivity contribution in [3.05, 3.63) is 23.5 Å². The Morgan fingerprint density at radius 3 is 2.47 bits per heavy atom. The second kappa shape index (κ2) is 9.26. The summed E-state index contributed by atoms with van der Waals surface area (Å²) in [4.78, 5) is 43.7. The molecule has 2 aromatic heterocycles. The van der Waals surface area contributed by atoms with E-state index in [2.05, 4.69) is 5.10 Å². The van der Waals surface area contributed by atoms with Crippen LogP contribution in [0, 0.1) is 5.92 Å². The van der Waals surface area contributed by atoms with E-state index in [9.17, 15) is 14.4 Å². The third-order valence-electron chi connectivity index (χ3n) is 6.09. The van der Waals surface area contributed by atoms with Gasteiger partial charge in [0.15, 0.2) is 12.3 Å². The van der Waals surface area contributed by atoms with Crippen molar-refractivity contribution in [1.82, 2.24) is 19.7 Å². The van der Waals surface area contributed by atoms with Gasteiger partial charge < -0.3 is 14.4 Å². The molecule has 3 heterocycles. The fraction of sp³-hybridized carbons (Fsp3) is 0.609. The van der Waals surface area contributed by atoms with Crippen LogP contribution in [0.4, 0.5) is 0 Å². The summed E-state index contributed by atoms with van der Waals surface area (Å²) in [6, 6.07) is 1.89. The molecule has 9 nitrogen and oxygen atoms in total. The van der Waals surface area contributed by atoms with Crippen molar-refractivity contribution in [2.75, 3.05) is 26.3 Å². The van der Waals surface area contributed by atoms with Gasteiger partial charge in [-0.1, -0.05) is 0 Å². The molecule has 0 unspecified atom stereocenters. The number of likely N-dealkylation sites (tertiary alicyclic amines) is 1. The van der Waals surface area contributed by atoms with Crippen LogP contribution in [0.5, 0.6) is 0 Å². The van der Waals surface area contributed by atoms with Crippen molar-refractivity contribution in [3.63, 3.8) is 0 Å². The second-order valence-electron chi connectivity index (χ2n) is 8.77. The van der Waals surface area contributed by atoms with Crippen LogP contribution in [0.25, 0.3) is 11.0 Å². The zero-order valence-electron chi connectivity index (χ0n) is 18.9. The number of carbonyl (C=O) groups excluding carboxylic acids is 3. The number of aromatic nitrogens is 3. The summed E-state index contributed by atoms with van der Waals surface area (Å²) in [7, 11) is 0. The van der Waals surface area contributed by atoms with Crippen LogP contribution in [-0.2, 0) is 19.1 Å². The van der Waals surface area contributed by atoms with E-state index in [0.717, 1.165) is 18.5 Å². The van der Waals surface area contributed by atoms with Crippen LogP contribution in [-0.4, -0.2) is 63.8 Å². The lowest BCUT2D eigenvalue weighted by Crippen LogP contribution is -2.42. The lowest BCUT2D eigenvalue weighted by atomic mass is 9.97. The standard InChI is InChI=1S/C23H30N4O5/c1-4-31-22(29)16-7-9-26(10-8-16)20(28)13-32-23(30)17-11-19(15-5-6-15)25-21-18(17)12-24-27(21)14(2)3/h11-12,14-16H,4-10,13H2,1-3H3. The summed E-state index contributed by atoms with van der Waals surface area (Å²) in [5.74, 6) is -0.821. The maximum absolute atomic E-state index is 12.9. The van der Waals surface area contributed by atoms with E-state index in [0.29, 0.717) is 55.1 Å². The Morgan fingerprint density at radius 2 is 1.84 bits per heavy atom. The third kappa shape index (κ3) is 4.61. The smallest absolute Gasteiger partial charge is 0.339 e. The summed E-state index contributed by atoms with van der Waals surface area (Å²) in [6.45, 7) is 6.74. The molecule has 0 radical (unpaired) electrons. The van der Waals surface area contributed by atoms with Crippen LogP contribution < -0.4 is 0 Å². The van der Waals surface area contributed by atoms with E-state index >= 15 is 0 Å². The highest BCUT2D eigenvalue weighted by Crippen LogP contribution is 2.40. The highest BCUT2D eigenvalue weighted by Gasteiger charge is 2.30. The Hall–Kier alpha value is -2.97. The quantitative estimate of drug-likeness (QED) is 0.607. The summed E-state index contributed by atoms with van der Waals surface area (Å²) in [5, 5.41) is 5.03. The molecule has 1 saturated heterocycles. The number of pyridine rings is 1. The van der Waals surface area contributed by atoms with Crippen LogP contribution in [0.3, 0.4) is 0 Å². The molecule has 0 atom stereocenters. The first-order valence-corrected chi connectivity index (χ1v) is 11.4. The molecule has 4 rings (SSSR count). The highest BCUT2D eigenvalue weighted by atomic mass is 16.5. The minimum atomic E-state index is -0.544. The third-order valence-corrected chi connectivity index (χ3v) is 6.09. The first-order valence-electron chi connectivity index (χ1n) is 11.4. The second-order valence-corrected chi connectivity index (χ2v) is 8.77. The van der Waals surface area contributed by atoms with Crippen LogP contribution in [0.2, 0.25) is 0 Å². The molecule has 0 spiro atoms. The van der Waals surface area contributed by atoms with Gasteiger partial charge in [-0.05, 0) is 52.5 Å². The Morgan fingerprint density at radius 1 is 1.12 bits per heavy atom. The molecule has 2 aromatic rings. The number of ether oxygens (including phenoxy) is 2. The largest absolute Gasteiger partial charge is 0.466 e. The van der Waals surface area contributed by atoms with Gasteiger partial charge in [0.25, 0.3) is 5.91 Å². The molecule has 0 N–H and O–H groups in total. The molecule has 1 aliphatic carbocycles. The highest BCUT2D eigenvalue weighted by molar-refractivity contribution is 6.03. The maximum atomic E-state index is 12.9. The summed E-state index contributed by atoms with van der Waals surface area (Å²) < 4.78 is 12.3. The first kappa shape index (κ1) is 22.2. The number of rotatable bonds is 7. The number of hydrogen-bond donors (Lipinski definition) is 0. The summed E-state index contributed by atoms with van der Waals surface area (Å²) in [6.07, 6.45) is 4.87. The number of amides is 1. The van der Waals surface area contributed by atoms with Crippen molar-refractivity contribution < 1.29 is 23.9 Å². The lowest BCUT2D eigenvalue weighted by Gasteiger charge is -2.30. The molecular formula is C23H30N4O5. The molecule has 1 amide bonds. The summed E-state index contributed by atoms with van der Waals surface area (Å²) >= 11 is 0. The van der Waals surface area contributed by atoms with Gasteiger partial charge >= 0.3 is 11.9 Å². The van der Waals surface area contributed by atoms with Gasteiger partial charge in [-0.25, -0.2) is 14.5 Å². The van der Waals surface area contributed by atoms with Crippen molar-refractivity contribution in [1.29, 1.82) is 0 Å². The summed E-state index contributed by atoms with van der Waals surface area (Å²) in [5.41, 5.74) is 1.94. The predicted molar refractivity (Wildman–Crippen MR) is 116 cm³/mol. The Balaban J connectivity index is 1.41. The van der Waals surface area contributed by atoms with Crippen molar-refractivity contribution in [3.8, 4) is 0 Å². The molecule has 0 bridgehead atoms. The van der Waals surface area contributed by atoms with E-state index in [1.54, 1.807) is 28.8 Å². The molecule has 0 aromatic carbocycles. The van der Waals surface area contributed by atoms with Gasteiger partial charge in [0.2, 0.25) is 0 Å². The Kier molecular flexibility index (Phi) is 6.43. The van der Waals surface area contributed by atoms with Crippen molar-refractivity contribution >= 4 is 28.9 Å². The Bertz CT molecular complexity index is 1020. The SMILES string of the molecule is CCOC(=O)C1CCN(C(=O)COC(=O)c2cc(C3CC3)nc3c2cnn3C(C)C)CC1. The number of piperidine rings is 1. The minimum Gasteiger partial charge on any atom is -0.466 e. The zero-order valence-corrected chi connectivity index (χ0v) is 18.9. The van der Waals surface area contributed by atoms with E-state index in [1.165, 1.54) is 0 Å². The number of esters is 2. The Labute approximate surface area is 187 Å². The topological polar surface area (TPSA) is 104 Å². The van der Waals surface area contributed by atoms with Gasteiger partial charge in [0.05, 0.1) is 29.7 Å². The van der Waals surface area contributed by atoms with E-state index in [-0.39, 0.29) is 30.4 Å². The van der Waals surface area contributed by atoms with E-state index < -0.39 is 5.97 Å². The molecule has 172 valence electrons. The molecular weight excluding hydrogens is 412 g/mol. The van der Waals surface area contributed by atoms with E-state index in [1.807, 2.05) is 13.8 Å². The van der Waals surface area contributed by atoms with Gasteiger partial charge in [-0.2, -0.15) is 5.10 Å². The average Bonchev–Trinajstić information content (AvgIpc) is 3.55. The minimum absolute atomic E-state index is 0.109. The van der Waals surface area contributed by atoms with Crippen LogP contribution >= 0.6 is 0 Å².